The molecule has 2 N–H and O–H groups in total. The molecular weight excluding hydrogens is 493 g/mol. The summed E-state index contributed by atoms with van der Waals surface area (Å²) in [7, 11) is 3.44. The summed E-state index contributed by atoms with van der Waals surface area (Å²) in [6, 6.07) is 18.3. The number of rotatable bonds is 12. The Kier molecular flexibility index (Phi) is 13.9. The minimum absolute atomic E-state index is 0. The minimum atomic E-state index is 0. The molecule has 6 nitrogen and oxygen atoms in total. The van der Waals surface area contributed by atoms with E-state index in [-0.39, 0.29) is 30.1 Å². The van der Waals surface area contributed by atoms with Crippen LogP contribution in [0.25, 0.3) is 0 Å². The highest BCUT2D eigenvalue weighted by molar-refractivity contribution is 14.0. The maximum Gasteiger partial charge on any atom is 0.191 e. The molecule has 0 fully saturated rings. The molecule has 0 aliphatic carbocycles. The van der Waals surface area contributed by atoms with Crippen molar-refractivity contribution in [3.05, 3.63) is 65.7 Å². The van der Waals surface area contributed by atoms with Gasteiger partial charge in [-0.25, -0.2) is 0 Å². The molecule has 0 spiro atoms. The first-order valence-corrected chi connectivity index (χ1v) is 10.0. The lowest BCUT2D eigenvalue weighted by molar-refractivity contribution is 0.0646. The van der Waals surface area contributed by atoms with E-state index in [9.17, 15) is 0 Å². The molecule has 1 unspecified atom stereocenters. The fourth-order valence-electron chi connectivity index (χ4n) is 2.75. The fourth-order valence-corrected chi connectivity index (χ4v) is 2.75. The van der Waals surface area contributed by atoms with E-state index in [1.165, 1.54) is 5.56 Å². The van der Waals surface area contributed by atoms with Crippen molar-refractivity contribution < 1.29 is 14.2 Å². The van der Waals surface area contributed by atoms with Crippen LogP contribution in [0.2, 0.25) is 0 Å². The first-order valence-electron chi connectivity index (χ1n) is 10.0. The number of methoxy groups -OCH3 is 1. The Morgan fingerprint density at radius 2 is 1.80 bits per heavy atom. The number of nitrogens with one attached hydrogen (secondary N) is 2. The maximum atomic E-state index is 5.90. The van der Waals surface area contributed by atoms with Crippen LogP contribution in [-0.2, 0) is 16.0 Å². The summed E-state index contributed by atoms with van der Waals surface area (Å²) < 4.78 is 16.6. The van der Waals surface area contributed by atoms with Crippen molar-refractivity contribution in [2.24, 2.45) is 4.99 Å². The van der Waals surface area contributed by atoms with Gasteiger partial charge in [0.25, 0.3) is 0 Å². The van der Waals surface area contributed by atoms with Gasteiger partial charge in [0, 0.05) is 33.9 Å². The van der Waals surface area contributed by atoms with Crippen LogP contribution in [0.1, 0.15) is 30.6 Å². The predicted octanol–water partition coefficient (Wildman–Crippen LogP) is 4.16. The van der Waals surface area contributed by atoms with Crippen molar-refractivity contribution in [3.8, 4) is 5.75 Å². The van der Waals surface area contributed by atoms with Crippen LogP contribution in [0.15, 0.2) is 59.6 Å². The van der Waals surface area contributed by atoms with Crippen molar-refractivity contribution in [2.45, 2.75) is 26.0 Å². The van der Waals surface area contributed by atoms with Crippen LogP contribution in [0.4, 0.5) is 0 Å². The second-order valence-corrected chi connectivity index (χ2v) is 6.62. The zero-order valence-electron chi connectivity index (χ0n) is 18.1. The largest absolute Gasteiger partial charge is 0.491 e. The van der Waals surface area contributed by atoms with Gasteiger partial charge in [-0.15, -0.1) is 24.0 Å². The molecule has 0 aliphatic rings. The molecule has 2 aromatic carbocycles. The number of ether oxygens (including phenoxy) is 3. The van der Waals surface area contributed by atoms with Crippen LogP contribution >= 0.6 is 24.0 Å². The van der Waals surface area contributed by atoms with E-state index < -0.39 is 0 Å². The van der Waals surface area contributed by atoms with Gasteiger partial charge in [-0.2, -0.15) is 0 Å². The van der Waals surface area contributed by atoms with Crippen LogP contribution in [-0.4, -0.2) is 46.5 Å². The van der Waals surface area contributed by atoms with E-state index in [2.05, 4.69) is 40.7 Å². The Balaban J connectivity index is 0.00000450. The van der Waals surface area contributed by atoms with E-state index in [4.69, 9.17) is 14.2 Å². The Bertz CT molecular complexity index is 729. The normalized spacial score (nSPS) is 12.0. The highest BCUT2D eigenvalue weighted by atomic mass is 127. The third-order valence-electron chi connectivity index (χ3n) is 4.39. The SMILES string of the molecule is CN=C(NCCCOC(C)c1ccccc1)NCc1cccc(OCCOC)c1.I. The summed E-state index contributed by atoms with van der Waals surface area (Å²) in [5, 5.41) is 6.64. The van der Waals surface area contributed by atoms with Crippen molar-refractivity contribution >= 4 is 29.9 Å². The smallest absolute Gasteiger partial charge is 0.191 e. The first-order chi connectivity index (χ1) is 14.2. The minimum Gasteiger partial charge on any atom is -0.491 e. The lowest BCUT2D eigenvalue weighted by Gasteiger charge is -2.15. The summed E-state index contributed by atoms with van der Waals surface area (Å²) in [4.78, 5) is 4.27. The lowest BCUT2D eigenvalue weighted by Crippen LogP contribution is -2.37. The number of hydrogen-bond donors (Lipinski definition) is 2. The van der Waals surface area contributed by atoms with E-state index >= 15 is 0 Å². The van der Waals surface area contributed by atoms with Gasteiger partial charge < -0.3 is 24.8 Å². The van der Waals surface area contributed by atoms with Gasteiger partial charge in [-0.3, -0.25) is 4.99 Å². The second kappa shape index (κ2) is 15.9. The molecule has 2 rings (SSSR count). The number of nitrogens with zero attached hydrogens (tertiary/aromatic N) is 1. The lowest BCUT2D eigenvalue weighted by atomic mass is 10.1. The highest BCUT2D eigenvalue weighted by Crippen LogP contribution is 2.15. The number of benzene rings is 2. The Hall–Kier alpha value is -1.84. The van der Waals surface area contributed by atoms with Gasteiger partial charge in [0.1, 0.15) is 12.4 Å². The Labute approximate surface area is 197 Å². The Morgan fingerprint density at radius 1 is 1.00 bits per heavy atom. The third-order valence-corrected chi connectivity index (χ3v) is 4.39. The molecule has 0 heterocycles. The molecule has 0 aromatic heterocycles. The topological polar surface area (TPSA) is 64.1 Å². The molecule has 0 saturated carbocycles. The van der Waals surface area contributed by atoms with E-state index in [1.54, 1.807) is 14.2 Å². The van der Waals surface area contributed by atoms with Crippen LogP contribution < -0.4 is 15.4 Å². The molecule has 166 valence electrons. The number of hydrogen-bond acceptors (Lipinski definition) is 4. The quantitative estimate of drug-likeness (QED) is 0.188. The van der Waals surface area contributed by atoms with Gasteiger partial charge in [0.15, 0.2) is 5.96 Å². The standard InChI is InChI=1S/C23H33N3O3.HI/c1-19(21-10-5-4-6-11-21)28-14-8-13-25-23(24-2)26-18-20-9-7-12-22(17-20)29-16-15-27-3;/h4-7,9-12,17,19H,8,13-16,18H2,1-3H3,(H2,24,25,26);1H. The highest BCUT2D eigenvalue weighted by Gasteiger charge is 2.05. The zero-order valence-corrected chi connectivity index (χ0v) is 20.4. The van der Waals surface area contributed by atoms with Crippen molar-refractivity contribution in [2.75, 3.05) is 40.5 Å². The molecule has 0 saturated heterocycles. The van der Waals surface area contributed by atoms with Crippen molar-refractivity contribution in [3.63, 3.8) is 0 Å². The van der Waals surface area contributed by atoms with E-state index in [0.29, 0.717) is 26.4 Å². The number of halogens is 1. The average molecular weight is 527 g/mol. The van der Waals surface area contributed by atoms with Crippen LogP contribution in [0.3, 0.4) is 0 Å². The van der Waals surface area contributed by atoms with Crippen LogP contribution in [0, 0.1) is 0 Å². The van der Waals surface area contributed by atoms with E-state index in [1.807, 2.05) is 36.4 Å². The molecule has 1 atom stereocenters. The molecular formula is C23H34IN3O3. The van der Waals surface area contributed by atoms with Gasteiger partial charge >= 0.3 is 0 Å². The van der Waals surface area contributed by atoms with Crippen molar-refractivity contribution in [1.82, 2.24) is 10.6 Å². The van der Waals surface area contributed by atoms with Gasteiger partial charge in [-0.05, 0) is 36.6 Å². The second-order valence-electron chi connectivity index (χ2n) is 6.62. The number of guanidine groups is 1. The molecule has 0 bridgehead atoms. The zero-order chi connectivity index (χ0) is 20.7. The molecule has 7 heteroatoms. The summed E-state index contributed by atoms with van der Waals surface area (Å²) in [6.45, 7) is 5.36. The summed E-state index contributed by atoms with van der Waals surface area (Å²) in [5.74, 6) is 1.61. The maximum absolute atomic E-state index is 5.90. The van der Waals surface area contributed by atoms with Crippen LogP contribution in [0.5, 0.6) is 5.75 Å². The monoisotopic (exact) mass is 527 g/mol. The fraction of sp³-hybridized carbons (Fsp3) is 0.435. The summed E-state index contributed by atoms with van der Waals surface area (Å²) in [6.07, 6.45) is 1.01. The summed E-state index contributed by atoms with van der Waals surface area (Å²) in [5.41, 5.74) is 2.33. The van der Waals surface area contributed by atoms with Crippen molar-refractivity contribution in [1.29, 1.82) is 0 Å². The molecule has 30 heavy (non-hydrogen) atoms. The van der Waals surface area contributed by atoms with Gasteiger partial charge in [0.2, 0.25) is 0 Å². The average Bonchev–Trinajstić information content (AvgIpc) is 2.76. The third kappa shape index (κ3) is 10.3. The molecule has 0 radical (unpaired) electrons. The van der Waals surface area contributed by atoms with Gasteiger partial charge in [-0.1, -0.05) is 42.5 Å². The Morgan fingerprint density at radius 3 is 2.53 bits per heavy atom. The summed E-state index contributed by atoms with van der Waals surface area (Å²) >= 11 is 0. The first kappa shape index (κ1) is 26.2. The molecule has 0 aliphatic heterocycles. The molecule has 2 aromatic rings. The molecule has 0 amide bonds. The van der Waals surface area contributed by atoms with E-state index in [0.717, 1.165) is 30.2 Å². The number of aliphatic imine (C=N–C) groups is 1. The predicted molar refractivity (Wildman–Crippen MR) is 133 cm³/mol. The van der Waals surface area contributed by atoms with Gasteiger partial charge in [0.05, 0.1) is 12.7 Å².